The fourth-order valence-corrected chi connectivity index (χ4v) is 3.00. The molecule has 2 aliphatic heterocycles. The van der Waals surface area contributed by atoms with E-state index in [1.54, 1.807) is 0 Å². The van der Waals surface area contributed by atoms with E-state index in [-0.39, 0.29) is 18.2 Å². The summed E-state index contributed by atoms with van der Waals surface area (Å²) in [7, 11) is 0. The van der Waals surface area contributed by atoms with Gasteiger partial charge >= 0.3 is 5.97 Å². The average molecular weight is 268 g/mol. The van der Waals surface area contributed by atoms with E-state index in [1.165, 1.54) is 0 Å². The van der Waals surface area contributed by atoms with Crippen molar-refractivity contribution >= 4 is 11.9 Å². The Bertz CT molecular complexity index is 342. The molecule has 0 aliphatic carbocycles. The molecule has 108 valence electrons. The standard InChI is InChI=1S/C14H24N2O3/c1-11(8-14(18)19)12-4-2-5-15(9-12)10-13(17)16-6-3-7-16/h11-12H,2-10H2,1H3,(H,18,19). The van der Waals surface area contributed by atoms with Crippen molar-refractivity contribution in [3.05, 3.63) is 0 Å². The lowest BCUT2D eigenvalue weighted by atomic mass is 9.84. The Morgan fingerprint density at radius 1 is 1.26 bits per heavy atom. The van der Waals surface area contributed by atoms with E-state index in [9.17, 15) is 9.59 Å². The summed E-state index contributed by atoms with van der Waals surface area (Å²) >= 11 is 0. The second kappa shape index (κ2) is 6.37. The molecule has 1 amide bonds. The zero-order chi connectivity index (χ0) is 13.8. The van der Waals surface area contributed by atoms with Gasteiger partial charge in [0.05, 0.1) is 6.54 Å². The molecular formula is C14H24N2O3. The third kappa shape index (κ3) is 3.93. The average Bonchev–Trinajstić information content (AvgIpc) is 2.25. The molecule has 2 saturated heterocycles. The van der Waals surface area contributed by atoms with Gasteiger partial charge in [0.25, 0.3) is 0 Å². The number of carbonyl (C=O) groups excluding carboxylic acids is 1. The number of carboxylic acids is 1. The third-order valence-electron chi connectivity index (χ3n) is 4.41. The molecule has 0 spiro atoms. The smallest absolute Gasteiger partial charge is 0.303 e. The van der Waals surface area contributed by atoms with E-state index < -0.39 is 5.97 Å². The minimum atomic E-state index is -0.721. The van der Waals surface area contributed by atoms with E-state index in [1.807, 2.05) is 11.8 Å². The Hall–Kier alpha value is -1.10. The van der Waals surface area contributed by atoms with Crippen LogP contribution in [-0.4, -0.2) is 59.5 Å². The van der Waals surface area contributed by atoms with Gasteiger partial charge in [-0.3, -0.25) is 14.5 Å². The molecule has 2 heterocycles. The molecule has 2 aliphatic rings. The van der Waals surface area contributed by atoms with Gasteiger partial charge in [-0.2, -0.15) is 0 Å². The highest BCUT2D eigenvalue weighted by molar-refractivity contribution is 5.78. The number of likely N-dealkylation sites (tertiary alicyclic amines) is 2. The maximum atomic E-state index is 11.9. The molecule has 2 atom stereocenters. The van der Waals surface area contributed by atoms with Crippen LogP contribution < -0.4 is 0 Å². The van der Waals surface area contributed by atoms with Crippen LogP contribution in [0.15, 0.2) is 0 Å². The van der Waals surface area contributed by atoms with E-state index in [0.717, 1.165) is 45.4 Å². The minimum absolute atomic E-state index is 0.194. The Morgan fingerprint density at radius 3 is 2.58 bits per heavy atom. The minimum Gasteiger partial charge on any atom is -0.481 e. The van der Waals surface area contributed by atoms with Gasteiger partial charge in [0.15, 0.2) is 0 Å². The molecule has 5 nitrogen and oxygen atoms in total. The fraction of sp³-hybridized carbons (Fsp3) is 0.857. The van der Waals surface area contributed by atoms with Gasteiger partial charge in [0, 0.05) is 26.1 Å². The number of piperidine rings is 1. The van der Waals surface area contributed by atoms with Gasteiger partial charge in [0.2, 0.25) is 5.91 Å². The van der Waals surface area contributed by atoms with Crippen LogP contribution in [0.1, 0.15) is 32.6 Å². The quantitative estimate of drug-likeness (QED) is 0.809. The van der Waals surface area contributed by atoms with E-state index in [4.69, 9.17) is 5.11 Å². The monoisotopic (exact) mass is 268 g/mol. The van der Waals surface area contributed by atoms with Crippen LogP contribution in [0.2, 0.25) is 0 Å². The first-order chi connectivity index (χ1) is 9.06. The highest BCUT2D eigenvalue weighted by Crippen LogP contribution is 2.26. The Labute approximate surface area is 114 Å². The van der Waals surface area contributed by atoms with E-state index >= 15 is 0 Å². The number of carbonyl (C=O) groups is 2. The van der Waals surface area contributed by atoms with Crippen molar-refractivity contribution in [2.45, 2.75) is 32.6 Å². The van der Waals surface area contributed by atoms with Crippen molar-refractivity contribution in [2.75, 3.05) is 32.7 Å². The van der Waals surface area contributed by atoms with E-state index in [0.29, 0.717) is 12.5 Å². The van der Waals surface area contributed by atoms with Crippen molar-refractivity contribution in [1.82, 2.24) is 9.80 Å². The lowest BCUT2D eigenvalue weighted by molar-refractivity contribution is -0.139. The van der Waals surface area contributed by atoms with Crippen molar-refractivity contribution in [1.29, 1.82) is 0 Å². The fourth-order valence-electron chi connectivity index (χ4n) is 3.00. The zero-order valence-corrected chi connectivity index (χ0v) is 11.7. The van der Waals surface area contributed by atoms with Gasteiger partial charge < -0.3 is 10.0 Å². The van der Waals surface area contributed by atoms with E-state index in [2.05, 4.69) is 4.90 Å². The van der Waals surface area contributed by atoms with Crippen LogP contribution in [0.25, 0.3) is 0 Å². The van der Waals surface area contributed by atoms with Gasteiger partial charge in [-0.05, 0) is 37.6 Å². The molecule has 0 aromatic heterocycles. The summed E-state index contributed by atoms with van der Waals surface area (Å²) < 4.78 is 0. The van der Waals surface area contributed by atoms with Crippen LogP contribution in [0.3, 0.4) is 0 Å². The maximum Gasteiger partial charge on any atom is 0.303 e. The number of amides is 1. The summed E-state index contributed by atoms with van der Waals surface area (Å²) in [4.78, 5) is 26.8. The maximum absolute atomic E-state index is 11.9. The first-order valence-corrected chi connectivity index (χ1v) is 7.28. The topological polar surface area (TPSA) is 60.9 Å². The highest BCUT2D eigenvalue weighted by Gasteiger charge is 2.28. The van der Waals surface area contributed by atoms with Crippen LogP contribution >= 0.6 is 0 Å². The molecule has 2 unspecified atom stereocenters. The van der Waals surface area contributed by atoms with Crippen LogP contribution in [0.5, 0.6) is 0 Å². The second-order valence-electron chi connectivity index (χ2n) is 5.95. The van der Waals surface area contributed by atoms with Gasteiger partial charge in [-0.25, -0.2) is 0 Å². The zero-order valence-electron chi connectivity index (χ0n) is 11.7. The number of hydrogen-bond donors (Lipinski definition) is 1. The predicted octanol–water partition coefficient (Wildman–Crippen LogP) is 1.04. The largest absolute Gasteiger partial charge is 0.481 e. The van der Waals surface area contributed by atoms with Gasteiger partial charge in [-0.1, -0.05) is 6.92 Å². The number of nitrogens with zero attached hydrogens (tertiary/aromatic N) is 2. The number of carboxylic acid groups (broad SMARTS) is 1. The summed E-state index contributed by atoms with van der Waals surface area (Å²) in [6.07, 6.45) is 3.52. The summed E-state index contributed by atoms with van der Waals surface area (Å²) in [5.41, 5.74) is 0. The lowest BCUT2D eigenvalue weighted by Gasteiger charge is -2.37. The molecule has 0 aromatic carbocycles. The van der Waals surface area contributed by atoms with Crippen molar-refractivity contribution in [3.63, 3.8) is 0 Å². The highest BCUT2D eigenvalue weighted by atomic mass is 16.4. The molecule has 2 rings (SSSR count). The second-order valence-corrected chi connectivity index (χ2v) is 5.95. The van der Waals surface area contributed by atoms with Crippen molar-refractivity contribution < 1.29 is 14.7 Å². The SMILES string of the molecule is CC(CC(=O)O)C1CCCN(CC(=O)N2CCC2)C1. The molecular weight excluding hydrogens is 244 g/mol. The lowest BCUT2D eigenvalue weighted by Crippen LogP contribution is -2.49. The normalized spacial score (nSPS) is 25.7. The molecule has 0 bridgehead atoms. The van der Waals surface area contributed by atoms with Crippen LogP contribution in [-0.2, 0) is 9.59 Å². The molecule has 0 saturated carbocycles. The first-order valence-electron chi connectivity index (χ1n) is 7.28. The molecule has 5 heteroatoms. The predicted molar refractivity (Wildman–Crippen MR) is 71.8 cm³/mol. The van der Waals surface area contributed by atoms with Gasteiger partial charge in [0.1, 0.15) is 0 Å². The number of hydrogen-bond acceptors (Lipinski definition) is 3. The van der Waals surface area contributed by atoms with Crippen molar-refractivity contribution in [2.24, 2.45) is 11.8 Å². The third-order valence-corrected chi connectivity index (χ3v) is 4.41. The Balaban J connectivity index is 1.79. The summed E-state index contributed by atoms with van der Waals surface area (Å²) in [5, 5.41) is 8.86. The Kier molecular flexibility index (Phi) is 4.80. The van der Waals surface area contributed by atoms with Crippen molar-refractivity contribution in [3.8, 4) is 0 Å². The van der Waals surface area contributed by atoms with Crippen LogP contribution in [0.4, 0.5) is 0 Å². The summed E-state index contributed by atoms with van der Waals surface area (Å²) in [6, 6.07) is 0. The molecule has 2 fully saturated rings. The number of rotatable bonds is 5. The van der Waals surface area contributed by atoms with Crippen LogP contribution in [0, 0.1) is 11.8 Å². The molecule has 19 heavy (non-hydrogen) atoms. The van der Waals surface area contributed by atoms with Gasteiger partial charge in [-0.15, -0.1) is 0 Å². The first kappa shape index (κ1) is 14.3. The Morgan fingerprint density at radius 2 is 2.00 bits per heavy atom. The number of aliphatic carboxylic acids is 1. The summed E-state index contributed by atoms with van der Waals surface area (Å²) in [6.45, 7) is 6.18. The molecule has 1 N–H and O–H groups in total. The molecule has 0 aromatic rings. The summed E-state index contributed by atoms with van der Waals surface area (Å²) in [5.74, 6) is 0.118. The molecule has 0 radical (unpaired) electrons.